The molecule has 0 spiro atoms. The van der Waals surface area contributed by atoms with Crippen molar-refractivity contribution < 1.29 is 29.1 Å². The fraction of sp³-hybridized carbons (Fsp3) is 0.531. The quantitative estimate of drug-likeness (QED) is 0.0533. The number of para-hydroxylation sites is 1. The maximum absolute atomic E-state index is 14.3. The summed E-state index contributed by atoms with van der Waals surface area (Å²) in [5.41, 5.74) is 21.9. The van der Waals surface area contributed by atoms with Gasteiger partial charge in [0.1, 0.15) is 23.7 Å². The number of fused-ring (bicyclic) bond motifs is 1. The highest BCUT2D eigenvalue weighted by molar-refractivity contribution is 5.97. The average Bonchev–Trinajstić information content (AvgIpc) is 3.68. The second-order valence-corrected chi connectivity index (χ2v) is 12.3. The summed E-state index contributed by atoms with van der Waals surface area (Å²) in [6.07, 6.45) is 4.61. The number of aliphatic carboxylic acids is 1. The number of aromatic nitrogens is 1. The summed E-state index contributed by atoms with van der Waals surface area (Å²) in [5, 5.41) is 19.1. The lowest BCUT2D eigenvalue weighted by atomic mass is 9.93. The molecule has 1 saturated carbocycles. The molecule has 1 fully saturated rings. The van der Waals surface area contributed by atoms with E-state index in [1.165, 1.54) is 18.9 Å². The number of H-pyrrole nitrogens is 1. The van der Waals surface area contributed by atoms with Crippen molar-refractivity contribution in [2.75, 3.05) is 20.1 Å². The van der Waals surface area contributed by atoms with E-state index in [1.807, 2.05) is 24.3 Å². The van der Waals surface area contributed by atoms with Crippen LogP contribution in [0, 0.1) is 0 Å². The predicted molar refractivity (Wildman–Crippen MR) is 185 cm³/mol. The molecule has 0 unspecified atom stereocenters. The fourth-order valence-corrected chi connectivity index (χ4v) is 6.17. The van der Waals surface area contributed by atoms with Crippen LogP contribution < -0.4 is 38.9 Å². The van der Waals surface area contributed by atoms with Crippen molar-refractivity contribution in [2.24, 2.45) is 32.9 Å². The van der Waals surface area contributed by atoms with Crippen LogP contribution in [0.15, 0.2) is 40.4 Å². The summed E-state index contributed by atoms with van der Waals surface area (Å²) < 4.78 is 0. The normalized spacial score (nSPS) is 15.3. The van der Waals surface area contributed by atoms with Gasteiger partial charge in [-0.2, -0.15) is 0 Å². The molecule has 1 aliphatic carbocycles. The van der Waals surface area contributed by atoms with Gasteiger partial charge in [-0.05, 0) is 50.2 Å². The van der Waals surface area contributed by atoms with E-state index in [1.54, 1.807) is 6.20 Å². The molecular formula is C32H49N11O6. The van der Waals surface area contributed by atoms with Crippen LogP contribution in [0.3, 0.4) is 0 Å². The largest absolute Gasteiger partial charge is 0.480 e. The van der Waals surface area contributed by atoms with Crippen molar-refractivity contribution in [3.8, 4) is 0 Å². The van der Waals surface area contributed by atoms with Gasteiger partial charge in [0, 0.05) is 50.6 Å². The third kappa shape index (κ3) is 10.8. The molecule has 268 valence electrons. The number of benzene rings is 1. The molecule has 1 aromatic heterocycles. The molecule has 1 heterocycles. The van der Waals surface area contributed by atoms with Crippen LogP contribution in [0.2, 0.25) is 0 Å². The number of guanidine groups is 2. The van der Waals surface area contributed by atoms with Gasteiger partial charge in [-0.25, -0.2) is 4.79 Å². The van der Waals surface area contributed by atoms with Gasteiger partial charge in [0.25, 0.3) is 0 Å². The minimum Gasteiger partial charge on any atom is -0.480 e. The number of nitrogens with zero attached hydrogens (tertiary/aromatic N) is 3. The highest BCUT2D eigenvalue weighted by atomic mass is 16.4. The molecule has 0 radical (unpaired) electrons. The highest BCUT2D eigenvalue weighted by Crippen LogP contribution is 2.32. The van der Waals surface area contributed by atoms with Crippen LogP contribution >= 0.6 is 0 Å². The number of carboxylic acid groups (broad SMARTS) is 1. The standard InChI is InChI=1S/C32H49N11O6/c1-19(44)40-23(11-7-15-37-30(33)34)26(45)42-32(13-5-6-14-32)29(49)43(2)25(12-8-16-38-31(35)36)27(46)41-24(28(47)48)17-20-18-39-22-10-4-3-9-21(20)22/h3-4,9-10,18,23-25,39H,5-8,11-17H2,1-2H3,(H,40,44)(H,41,46)(H,42,45)(H,47,48)(H4,33,34,37)(H4,35,36,38)/t23-,24-,25-/m0/s1. The average molecular weight is 684 g/mol. The topological polar surface area (TPSA) is 290 Å². The van der Waals surface area contributed by atoms with Crippen molar-refractivity contribution >= 4 is 52.4 Å². The molecule has 3 atom stereocenters. The van der Waals surface area contributed by atoms with Crippen molar-refractivity contribution in [3.05, 3.63) is 36.0 Å². The van der Waals surface area contributed by atoms with Crippen LogP contribution in [0.4, 0.5) is 0 Å². The zero-order valence-corrected chi connectivity index (χ0v) is 28.0. The molecule has 3 rings (SSSR count). The smallest absolute Gasteiger partial charge is 0.326 e. The van der Waals surface area contributed by atoms with E-state index in [0.717, 1.165) is 10.9 Å². The lowest BCUT2D eigenvalue weighted by Crippen LogP contribution is -2.63. The van der Waals surface area contributed by atoms with Crippen LogP contribution in [-0.2, 0) is 30.4 Å². The summed E-state index contributed by atoms with van der Waals surface area (Å²) in [6.45, 7) is 1.70. The molecule has 0 aliphatic heterocycles. The zero-order valence-electron chi connectivity index (χ0n) is 28.0. The number of nitrogens with one attached hydrogen (secondary N) is 4. The van der Waals surface area contributed by atoms with Gasteiger partial charge in [0.15, 0.2) is 11.9 Å². The Hall–Kier alpha value is -5.35. The fourth-order valence-electron chi connectivity index (χ4n) is 6.17. The van der Waals surface area contributed by atoms with Gasteiger partial charge >= 0.3 is 5.97 Å². The number of hydrogen-bond acceptors (Lipinski definition) is 7. The maximum Gasteiger partial charge on any atom is 0.326 e. The molecule has 2 aromatic rings. The molecule has 17 heteroatoms. The number of carboxylic acids is 1. The number of aromatic amines is 1. The van der Waals surface area contributed by atoms with E-state index < -0.39 is 53.3 Å². The number of aliphatic imine (C=N–C) groups is 2. The van der Waals surface area contributed by atoms with Crippen LogP contribution in [0.5, 0.6) is 0 Å². The van der Waals surface area contributed by atoms with Gasteiger partial charge < -0.3 is 53.9 Å². The Bertz CT molecular complexity index is 1540. The first-order chi connectivity index (χ1) is 23.2. The van der Waals surface area contributed by atoms with E-state index in [9.17, 15) is 29.1 Å². The summed E-state index contributed by atoms with van der Waals surface area (Å²) in [6, 6.07) is 4.04. The molecular weight excluding hydrogens is 634 g/mol. The number of amides is 4. The molecule has 4 amide bonds. The molecule has 0 saturated heterocycles. The first-order valence-corrected chi connectivity index (χ1v) is 16.3. The van der Waals surface area contributed by atoms with Crippen LogP contribution in [0.1, 0.15) is 63.9 Å². The number of nitrogens with two attached hydrogens (primary N) is 4. The zero-order chi connectivity index (χ0) is 36.1. The second kappa shape index (κ2) is 17.7. The van der Waals surface area contributed by atoms with E-state index in [0.29, 0.717) is 44.1 Å². The van der Waals surface area contributed by atoms with Gasteiger partial charge in [0.05, 0.1) is 0 Å². The monoisotopic (exact) mass is 683 g/mol. The molecule has 13 N–H and O–H groups in total. The Morgan fingerprint density at radius 1 is 0.918 bits per heavy atom. The Balaban J connectivity index is 1.84. The highest BCUT2D eigenvalue weighted by Gasteiger charge is 2.47. The van der Waals surface area contributed by atoms with Crippen molar-refractivity contribution in [3.63, 3.8) is 0 Å². The Morgan fingerprint density at radius 2 is 1.53 bits per heavy atom. The van der Waals surface area contributed by atoms with Crippen molar-refractivity contribution in [1.29, 1.82) is 0 Å². The number of hydrogen-bond donors (Lipinski definition) is 9. The summed E-state index contributed by atoms with van der Waals surface area (Å²) in [5.74, 6) is -3.63. The van der Waals surface area contributed by atoms with Gasteiger partial charge in [-0.1, -0.05) is 31.0 Å². The minimum absolute atomic E-state index is 0.00279. The maximum atomic E-state index is 14.3. The first-order valence-electron chi connectivity index (χ1n) is 16.3. The number of rotatable bonds is 18. The number of likely N-dealkylation sites (N-methyl/N-ethyl adjacent to an activating group) is 1. The van der Waals surface area contributed by atoms with Crippen LogP contribution in [0.25, 0.3) is 10.9 Å². The van der Waals surface area contributed by atoms with E-state index in [-0.39, 0.29) is 44.3 Å². The SMILES string of the molecule is CC(=O)N[C@@H](CCCN=C(N)N)C(=O)NC1(C(=O)N(C)[C@@H](CCCN=C(N)N)C(=O)N[C@@H](Cc2c[nH]c3ccccc23)C(=O)O)CCCC1. The van der Waals surface area contributed by atoms with E-state index in [2.05, 4.69) is 30.9 Å². The minimum atomic E-state index is -1.35. The van der Waals surface area contributed by atoms with E-state index >= 15 is 0 Å². The van der Waals surface area contributed by atoms with Gasteiger partial charge in [0.2, 0.25) is 23.6 Å². The molecule has 1 aromatic carbocycles. The molecule has 17 nitrogen and oxygen atoms in total. The van der Waals surface area contributed by atoms with Gasteiger partial charge in [-0.15, -0.1) is 0 Å². The van der Waals surface area contributed by atoms with Crippen molar-refractivity contribution in [2.45, 2.75) is 88.4 Å². The Labute approximate surface area is 284 Å². The molecule has 49 heavy (non-hydrogen) atoms. The summed E-state index contributed by atoms with van der Waals surface area (Å²) in [4.78, 5) is 78.3. The third-order valence-electron chi connectivity index (χ3n) is 8.60. The molecule has 0 bridgehead atoms. The second-order valence-electron chi connectivity index (χ2n) is 12.3. The number of carbonyl (C=O) groups is 5. The summed E-state index contributed by atoms with van der Waals surface area (Å²) in [7, 11) is 1.45. The Morgan fingerprint density at radius 3 is 2.12 bits per heavy atom. The lowest BCUT2D eigenvalue weighted by molar-refractivity contribution is -0.148. The van der Waals surface area contributed by atoms with E-state index in [4.69, 9.17) is 22.9 Å². The summed E-state index contributed by atoms with van der Waals surface area (Å²) >= 11 is 0. The number of carbonyl (C=O) groups excluding carboxylic acids is 4. The first kappa shape index (κ1) is 38.1. The van der Waals surface area contributed by atoms with Gasteiger partial charge in [-0.3, -0.25) is 29.2 Å². The van der Waals surface area contributed by atoms with Crippen LogP contribution in [-0.4, -0.2) is 100 Å². The third-order valence-corrected chi connectivity index (χ3v) is 8.60. The lowest BCUT2D eigenvalue weighted by Gasteiger charge is -2.37. The Kier molecular flexibility index (Phi) is 13.8. The molecule has 1 aliphatic rings. The predicted octanol–water partition coefficient (Wildman–Crippen LogP) is -0.852. The van der Waals surface area contributed by atoms with Crippen molar-refractivity contribution in [1.82, 2.24) is 25.8 Å².